The van der Waals surface area contributed by atoms with E-state index >= 15 is 0 Å². The van der Waals surface area contributed by atoms with Crippen LogP contribution < -0.4 is 20.9 Å². The van der Waals surface area contributed by atoms with Crippen molar-refractivity contribution in [3.63, 3.8) is 0 Å². The average Bonchev–Trinajstić information content (AvgIpc) is 2.48. The summed E-state index contributed by atoms with van der Waals surface area (Å²) >= 11 is 0. The normalized spacial score (nSPS) is 11.8. The van der Waals surface area contributed by atoms with Gasteiger partial charge in [0.2, 0.25) is 0 Å². The molecular formula is C15H25N3O2. The Bertz CT molecular complexity index is 419. The van der Waals surface area contributed by atoms with Crippen molar-refractivity contribution >= 4 is 11.6 Å². The summed E-state index contributed by atoms with van der Waals surface area (Å²) in [6, 6.07) is 7.79. The zero-order valence-electron chi connectivity index (χ0n) is 12.6. The predicted molar refractivity (Wildman–Crippen MR) is 81.7 cm³/mol. The first-order valence-corrected chi connectivity index (χ1v) is 7.18. The molecule has 5 heteroatoms. The SMILES string of the molecule is CCCC(Oc1cccc(N(CC)CC)c1)C(=O)NN. The van der Waals surface area contributed by atoms with Gasteiger partial charge in [0.15, 0.2) is 6.10 Å². The summed E-state index contributed by atoms with van der Waals surface area (Å²) in [5, 5.41) is 0. The molecule has 1 unspecified atom stereocenters. The van der Waals surface area contributed by atoms with Gasteiger partial charge in [-0.2, -0.15) is 0 Å². The third kappa shape index (κ3) is 4.42. The Morgan fingerprint density at radius 2 is 2.05 bits per heavy atom. The van der Waals surface area contributed by atoms with Gasteiger partial charge in [-0.3, -0.25) is 10.2 Å². The number of anilines is 1. The molecule has 1 amide bonds. The van der Waals surface area contributed by atoms with E-state index in [4.69, 9.17) is 10.6 Å². The van der Waals surface area contributed by atoms with Crippen molar-refractivity contribution in [3.8, 4) is 5.75 Å². The van der Waals surface area contributed by atoms with Crippen LogP contribution in [0.4, 0.5) is 5.69 Å². The van der Waals surface area contributed by atoms with Gasteiger partial charge in [0.25, 0.3) is 5.91 Å². The molecule has 0 aliphatic rings. The van der Waals surface area contributed by atoms with Crippen LogP contribution in [-0.2, 0) is 4.79 Å². The number of nitrogens with two attached hydrogens (primary N) is 1. The molecule has 0 fully saturated rings. The molecule has 1 aromatic carbocycles. The van der Waals surface area contributed by atoms with E-state index in [1.54, 1.807) is 0 Å². The number of hydrogen-bond acceptors (Lipinski definition) is 4. The van der Waals surface area contributed by atoms with Crippen LogP contribution in [0.15, 0.2) is 24.3 Å². The van der Waals surface area contributed by atoms with Crippen LogP contribution in [0, 0.1) is 0 Å². The van der Waals surface area contributed by atoms with E-state index in [1.165, 1.54) is 0 Å². The predicted octanol–water partition coefficient (Wildman–Crippen LogP) is 2.07. The summed E-state index contributed by atoms with van der Waals surface area (Å²) < 4.78 is 5.77. The van der Waals surface area contributed by atoms with Gasteiger partial charge in [-0.15, -0.1) is 0 Å². The number of hydrazine groups is 1. The van der Waals surface area contributed by atoms with Crippen LogP contribution >= 0.6 is 0 Å². The highest BCUT2D eigenvalue weighted by Crippen LogP contribution is 2.22. The Labute approximate surface area is 121 Å². The Balaban J connectivity index is 2.85. The number of carbonyl (C=O) groups is 1. The second kappa shape index (κ2) is 8.43. The second-order valence-corrected chi connectivity index (χ2v) is 4.57. The Kier molecular flexibility index (Phi) is 6.87. The minimum absolute atomic E-state index is 0.292. The van der Waals surface area contributed by atoms with Gasteiger partial charge < -0.3 is 9.64 Å². The highest BCUT2D eigenvalue weighted by Gasteiger charge is 2.18. The van der Waals surface area contributed by atoms with E-state index in [0.717, 1.165) is 25.2 Å². The molecule has 3 N–H and O–H groups in total. The van der Waals surface area contributed by atoms with E-state index in [9.17, 15) is 4.79 Å². The number of nitrogens with one attached hydrogen (secondary N) is 1. The van der Waals surface area contributed by atoms with Gasteiger partial charge in [0.1, 0.15) is 5.75 Å². The van der Waals surface area contributed by atoms with Gasteiger partial charge >= 0.3 is 0 Å². The molecule has 0 saturated heterocycles. The molecule has 0 saturated carbocycles. The van der Waals surface area contributed by atoms with Gasteiger partial charge in [-0.1, -0.05) is 19.4 Å². The van der Waals surface area contributed by atoms with Crippen molar-refractivity contribution in [2.24, 2.45) is 5.84 Å². The summed E-state index contributed by atoms with van der Waals surface area (Å²) in [6.07, 6.45) is 0.948. The van der Waals surface area contributed by atoms with E-state index < -0.39 is 6.10 Å². The van der Waals surface area contributed by atoms with Gasteiger partial charge in [0, 0.05) is 24.8 Å². The molecular weight excluding hydrogens is 254 g/mol. The fraction of sp³-hybridized carbons (Fsp3) is 0.533. The highest BCUT2D eigenvalue weighted by atomic mass is 16.5. The number of hydrogen-bond donors (Lipinski definition) is 2. The smallest absolute Gasteiger partial charge is 0.274 e. The maximum Gasteiger partial charge on any atom is 0.274 e. The maximum atomic E-state index is 11.7. The zero-order chi connectivity index (χ0) is 15.0. The van der Waals surface area contributed by atoms with Crippen molar-refractivity contribution in [1.29, 1.82) is 0 Å². The molecule has 0 bridgehead atoms. The lowest BCUT2D eigenvalue weighted by Crippen LogP contribution is -2.42. The minimum Gasteiger partial charge on any atom is -0.480 e. The van der Waals surface area contributed by atoms with Crippen LogP contribution in [-0.4, -0.2) is 25.1 Å². The number of amides is 1. The lowest BCUT2D eigenvalue weighted by atomic mass is 10.2. The Hall–Kier alpha value is -1.75. The number of ether oxygens (including phenoxy) is 1. The molecule has 0 radical (unpaired) electrons. The van der Waals surface area contributed by atoms with Gasteiger partial charge in [-0.25, -0.2) is 5.84 Å². The van der Waals surface area contributed by atoms with Crippen LogP contribution in [0.1, 0.15) is 33.6 Å². The van der Waals surface area contributed by atoms with Crippen molar-refractivity contribution in [3.05, 3.63) is 24.3 Å². The highest BCUT2D eigenvalue weighted by molar-refractivity contribution is 5.80. The van der Waals surface area contributed by atoms with E-state index in [1.807, 2.05) is 31.2 Å². The number of nitrogens with zero attached hydrogens (tertiary/aromatic N) is 1. The minimum atomic E-state index is -0.544. The third-order valence-corrected chi connectivity index (χ3v) is 3.21. The summed E-state index contributed by atoms with van der Waals surface area (Å²) in [5.74, 6) is 5.59. The first kappa shape index (κ1) is 16.3. The lowest BCUT2D eigenvalue weighted by molar-refractivity contribution is -0.128. The van der Waals surface area contributed by atoms with E-state index in [2.05, 4.69) is 24.2 Å². The fourth-order valence-corrected chi connectivity index (χ4v) is 2.11. The van der Waals surface area contributed by atoms with Crippen LogP contribution in [0.5, 0.6) is 5.75 Å². The number of carbonyl (C=O) groups excluding carboxylic acids is 1. The number of rotatable bonds is 8. The average molecular weight is 279 g/mol. The molecule has 1 aromatic rings. The first-order chi connectivity index (χ1) is 9.65. The molecule has 0 spiro atoms. The molecule has 0 aliphatic heterocycles. The summed E-state index contributed by atoms with van der Waals surface area (Å²) in [6.45, 7) is 8.09. The molecule has 20 heavy (non-hydrogen) atoms. The fourth-order valence-electron chi connectivity index (χ4n) is 2.11. The molecule has 0 aliphatic carbocycles. The van der Waals surface area contributed by atoms with Gasteiger partial charge in [-0.05, 0) is 32.4 Å². The maximum absolute atomic E-state index is 11.7. The van der Waals surface area contributed by atoms with Crippen LogP contribution in [0.3, 0.4) is 0 Å². The second-order valence-electron chi connectivity index (χ2n) is 4.57. The monoisotopic (exact) mass is 279 g/mol. The van der Waals surface area contributed by atoms with Crippen molar-refractivity contribution in [2.45, 2.75) is 39.7 Å². The molecule has 5 nitrogen and oxygen atoms in total. The summed E-state index contributed by atoms with van der Waals surface area (Å²) in [7, 11) is 0. The zero-order valence-corrected chi connectivity index (χ0v) is 12.6. The summed E-state index contributed by atoms with van der Waals surface area (Å²) in [4.78, 5) is 13.9. The molecule has 1 rings (SSSR count). The summed E-state index contributed by atoms with van der Waals surface area (Å²) in [5.41, 5.74) is 3.25. The topological polar surface area (TPSA) is 67.6 Å². The molecule has 1 atom stereocenters. The number of benzene rings is 1. The first-order valence-electron chi connectivity index (χ1n) is 7.18. The quantitative estimate of drug-likeness (QED) is 0.434. The molecule has 112 valence electrons. The van der Waals surface area contributed by atoms with E-state index in [0.29, 0.717) is 12.2 Å². The Morgan fingerprint density at radius 1 is 1.35 bits per heavy atom. The molecule has 0 aromatic heterocycles. The van der Waals surface area contributed by atoms with Crippen LogP contribution in [0.25, 0.3) is 0 Å². The molecule has 0 heterocycles. The third-order valence-electron chi connectivity index (χ3n) is 3.21. The van der Waals surface area contributed by atoms with Crippen molar-refractivity contribution in [1.82, 2.24) is 5.43 Å². The van der Waals surface area contributed by atoms with Gasteiger partial charge in [0.05, 0.1) is 0 Å². The Morgan fingerprint density at radius 3 is 2.60 bits per heavy atom. The van der Waals surface area contributed by atoms with E-state index in [-0.39, 0.29) is 5.91 Å². The van der Waals surface area contributed by atoms with Crippen LogP contribution in [0.2, 0.25) is 0 Å². The largest absolute Gasteiger partial charge is 0.480 e. The lowest BCUT2D eigenvalue weighted by Gasteiger charge is -2.22. The standard InChI is InChI=1S/C15H25N3O2/c1-4-8-14(15(19)17-16)20-13-10-7-9-12(11-13)18(5-2)6-3/h7,9-11,14H,4-6,8,16H2,1-3H3,(H,17,19). The van der Waals surface area contributed by atoms with Crippen molar-refractivity contribution in [2.75, 3.05) is 18.0 Å². The van der Waals surface area contributed by atoms with Crippen molar-refractivity contribution < 1.29 is 9.53 Å².